The molecule has 73 valence electrons. The molecular weight excluding hydrogens is 317 g/mol. The van der Waals surface area contributed by atoms with Crippen molar-refractivity contribution in [3.63, 3.8) is 0 Å². The van der Waals surface area contributed by atoms with Crippen molar-refractivity contribution in [3.8, 4) is 0 Å². The Kier molecular flexibility index (Phi) is 11.2. The van der Waals surface area contributed by atoms with Crippen molar-refractivity contribution >= 4 is 19.7 Å². The van der Waals surface area contributed by atoms with Gasteiger partial charge < -0.3 is 17.0 Å². The fourth-order valence-electron chi connectivity index (χ4n) is 0.395. The first-order valence-electron chi connectivity index (χ1n) is 3.76. The quantitative estimate of drug-likeness (QED) is 0.491. The number of rotatable bonds is 1. The van der Waals surface area contributed by atoms with E-state index >= 15 is 0 Å². The number of hydrogen-bond acceptors (Lipinski definition) is 0. The van der Waals surface area contributed by atoms with E-state index in [1.165, 1.54) is 5.54 Å². The summed E-state index contributed by atoms with van der Waals surface area (Å²) in [4.78, 5) is 0. The third-order valence-corrected chi connectivity index (χ3v) is 6.94. The zero-order valence-corrected chi connectivity index (χ0v) is 15.3. The Hall–Kier alpha value is 1.13. The van der Waals surface area contributed by atoms with Crippen molar-refractivity contribution in [2.45, 2.75) is 38.9 Å². The predicted octanol–water partition coefficient (Wildman–Crippen LogP) is 0.746. The second-order valence-corrected chi connectivity index (χ2v) is 9.47. The van der Waals surface area contributed by atoms with Crippen LogP contribution >= 0.6 is 11.6 Å². The summed E-state index contributed by atoms with van der Waals surface area (Å²) < 4.78 is 0. The van der Waals surface area contributed by atoms with Gasteiger partial charge in [-0.3, -0.25) is 0 Å². The first-order valence-corrected chi connectivity index (χ1v) is 7.19. The Bertz CT molecular complexity index is 190. The summed E-state index contributed by atoms with van der Waals surface area (Å²) in [5.41, 5.74) is 7.50. The Labute approximate surface area is 111 Å². The number of hydrogen-bond donors (Lipinski definition) is 0. The maximum absolute atomic E-state index is 5.38. The summed E-state index contributed by atoms with van der Waals surface area (Å²) in [6.07, 6.45) is 0. The molecular formula is C9H16BrClSiZn-. The van der Waals surface area contributed by atoms with Crippen LogP contribution in [0, 0.1) is 5.70 Å². The summed E-state index contributed by atoms with van der Waals surface area (Å²) >= 11 is 5.38. The molecule has 0 saturated carbocycles. The predicted molar refractivity (Wildman–Crippen MR) is 54.4 cm³/mol. The summed E-state index contributed by atoms with van der Waals surface area (Å²) in [6.45, 7) is 11.2. The van der Waals surface area contributed by atoms with Gasteiger partial charge in [-0.1, -0.05) is 45.5 Å². The molecule has 0 bridgehead atoms. The molecule has 13 heavy (non-hydrogen) atoms. The molecule has 0 fully saturated rings. The van der Waals surface area contributed by atoms with Gasteiger partial charge in [0.25, 0.3) is 0 Å². The summed E-state index contributed by atoms with van der Waals surface area (Å²) in [7, 11) is -1.40. The topological polar surface area (TPSA) is 0 Å². The number of halogens is 2. The molecule has 0 spiro atoms. The third kappa shape index (κ3) is 7.11. The largest absolute Gasteiger partial charge is 1.00 e. The van der Waals surface area contributed by atoms with Gasteiger partial charge in [0.05, 0.1) is 8.07 Å². The fourth-order valence-corrected chi connectivity index (χ4v) is 1.35. The van der Waals surface area contributed by atoms with Crippen LogP contribution in [0.2, 0.25) is 18.1 Å². The van der Waals surface area contributed by atoms with E-state index < -0.39 is 8.07 Å². The van der Waals surface area contributed by atoms with E-state index in [1.54, 1.807) is 0 Å². The van der Waals surface area contributed by atoms with E-state index in [2.05, 4.69) is 45.3 Å². The first kappa shape index (κ1) is 19.7. The second-order valence-electron chi connectivity index (χ2n) is 4.25. The van der Waals surface area contributed by atoms with Gasteiger partial charge in [-0.15, -0.1) is 5.73 Å². The van der Waals surface area contributed by atoms with Gasteiger partial charge in [0, 0.05) is 25.0 Å². The van der Waals surface area contributed by atoms with Crippen molar-refractivity contribution in [1.29, 1.82) is 0 Å². The molecule has 0 aromatic heterocycles. The van der Waals surface area contributed by atoms with E-state index in [0.717, 1.165) is 0 Å². The zero-order valence-electron chi connectivity index (χ0n) is 9.04. The van der Waals surface area contributed by atoms with E-state index in [9.17, 15) is 0 Å². The van der Waals surface area contributed by atoms with Crippen LogP contribution in [0.1, 0.15) is 20.8 Å². The minimum absolute atomic E-state index is 0. The summed E-state index contributed by atoms with van der Waals surface area (Å²) in [5.74, 6) is 0. The van der Waals surface area contributed by atoms with Crippen LogP contribution in [0.5, 0.6) is 0 Å². The summed E-state index contributed by atoms with van der Waals surface area (Å²) in [6, 6.07) is 0. The molecule has 0 aliphatic rings. The van der Waals surface area contributed by atoms with Crippen LogP contribution in [0.25, 0.3) is 0 Å². The van der Waals surface area contributed by atoms with E-state index in [4.69, 9.17) is 11.6 Å². The Balaban J connectivity index is -0.000000500. The Morgan fingerprint density at radius 1 is 1.23 bits per heavy atom. The maximum Gasteiger partial charge on any atom is 0.0965 e. The smallest absolute Gasteiger partial charge is 0.0965 e. The molecule has 1 radical (unpaired) electrons. The van der Waals surface area contributed by atoms with Crippen molar-refractivity contribution < 1.29 is 36.5 Å². The van der Waals surface area contributed by atoms with Gasteiger partial charge in [0.15, 0.2) is 0 Å². The van der Waals surface area contributed by atoms with E-state index in [0.29, 0.717) is 5.04 Å². The molecule has 0 amide bonds. The van der Waals surface area contributed by atoms with Gasteiger partial charge >= 0.3 is 0 Å². The molecule has 0 heterocycles. The fraction of sp³-hybridized carbons (Fsp3) is 0.667. The van der Waals surface area contributed by atoms with Crippen LogP contribution in [0.3, 0.4) is 0 Å². The maximum atomic E-state index is 5.38. The molecule has 0 aromatic rings. The molecule has 0 aliphatic carbocycles. The van der Waals surface area contributed by atoms with Gasteiger partial charge in [-0.05, 0) is 10.7 Å². The minimum atomic E-state index is -1.40. The van der Waals surface area contributed by atoms with Gasteiger partial charge in [0.1, 0.15) is 0 Å². The van der Waals surface area contributed by atoms with Crippen molar-refractivity contribution in [2.75, 3.05) is 0 Å². The van der Waals surface area contributed by atoms with Crippen LogP contribution < -0.4 is 17.0 Å². The van der Waals surface area contributed by atoms with Crippen molar-refractivity contribution in [1.82, 2.24) is 0 Å². The molecule has 0 atom stereocenters. The molecule has 0 aromatic carbocycles. The van der Waals surface area contributed by atoms with E-state index in [1.807, 2.05) is 0 Å². The molecule has 0 N–H and O–H groups in total. The van der Waals surface area contributed by atoms with E-state index in [-0.39, 0.29) is 36.5 Å². The average molecular weight is 333 g/mol. The SMILES string of the molecule is CC(C)(C)[Si](C)(C)[C]=C=CCl.[Br-].[Zn]. The molecule has 0 aliphatic heterocycles. The molecule has 0 saturated heterocycles. The van der Waals surface area contributed by atoms with Crippen LogP contribution in [0.15, 0.2) is 11.3 Å². The van der Waals surface area contributed by atoms with Crippen molar-refractivity contribution in [3.05, 3.63) is 17.0 Å². The molecule has 0 rings (SSSR count). The monoisotopic (exact) mass is 330 g/mol. The van der Waals surface area contributed by atoms with Gasteiger partial charge in [-0.2, -0.15) is 0 Å². The zero-order chi connectivity index (χ0) is 9.12. The van der Waals surface area contributed by atoms with Crippen LogP contribution in [-0.2, 0) is 19.5 Å². The second kappa shape index (κ2) is 7.43. The van der Waals surface area contributed by atoms with Crippen molar-refractivity contribution in [2.24, 2.45) is 0 Å². The van der Waals surface area contributed by atoms with Crippen LogP contribution in [0.4, 0.5) is 0 Å². The molecule has 4 heteroatoms. The van der Waals surface area contributed by atoms with Gasteiger partial charge in [0.2, 0.25) is 0 Å². The first-order chi connectivity index (χ1) is 4.81. The molecule has 0 unspecified atom stereocenters. The van der Waals surface area contributed by atoms with Gasteiger partial charge in [-0.25, -0.2) is 0 Å². The summed E-state index contributed by atoms with van der Waals surface area (Å²) in [5, 5.41) is 0.333. The van der Waals surface area contributed by atoms with Crippen LogP contribution in [-0.4, -0.2) is 8.07 Å². The standard InChI is InChI=1S/C9H16ClSi.BrH.Zn/c1-9(2,3)11(4,5)8-6-7-10;;/h7H,1-5H3;1H;/p-1. The minimum Gasteiger partial charge on any atom is -1.00 e. The molecule has 0 nitrogen and oxygen atoms in total. The Morgan fingerprint density at radius 3 is 1.85 bits per heavy atom. The normalized spacial score (nSPS) is 10.3. The third-order valence-electron chi connectivity index (χ3n) is 2.31. The Morgan fingerprint density at radius 2 is 1.62 bits per heavy atom. The average Bonchev–Trinajstić information content (AvgIpc) is 1.81.